The average Bonchev–Trinajstić information content (AvgIpc) is 2.73. The van der Waals surface area contributed by atoms with Crippen LogP contribution in [0, 0.1) is 5.92 Å². The Morgan fingerprint density at radius 3 is 2.45 bits per heavy atom. The number of fused-ring (bicyclic) bond motifs is 5. The number of nitrogens with two attached hydrogens (primary N) is 1. The number of benzene rings is 3. The maximum atomic E-state index is 7.32. The molecule has 1 heteroatoms. The lowest BCUT2D eigenvalue weighted by atomic mass is 9.59. The molecule has 29 heavy (non-hydrogen) atoms. The Balaban J connectivity index is 1.65. The first-order valence-corrected chi connectivity index (χ1v) is 11.0. The third-order valence-electron chi connectivity index (χ3n) is 7.25. The zero-order chi connectivity index (χ0) is 20.2. The second-order valence-electron chi connectivity index (χ2n) is 10.1. The normalized spacial score (nSPS) is 26.2. The van der Waals surface area contributed by atoms with Gasteiger partial charge in [-0.2, -0.15) is 0 Å². The van der Waals surface area contributed by atoms with Gasteiger partial charge in [0, 0.05) is 11.5 Å². The van der Waals surface area contributed by atoms with Gasteiger partial charge in [-0.05, 0) is 57.2 Å². The third-order valence-corrected chi connectivity index (χ3v) is 7.25. The third kappa shape index (κ3) is 2.95. The summed E-state index contributed by atoms with van der Waals surface area (Å²) in [5.41, 5.74) is 12.6. The molecular formula is C28H31N. The van der Waals surface area contributed by atoms with Gasteiger partial charge in [-0.15, -0.1) is 0 Å². The van der Waals surface area contributed by atoms with Crippen LogP contribution >= 0.6 is 0 Å². The van der Waals surface area contributed by atoms with Crippen LogP contribution in [-0.2, 0) is 11.0 Å². The Labute approximate surface area is 174 Å². The molecular weight excluding hydrogens is 350 g/mol. The number of hydrogen-bond donors (Lipinski definition) is 1. The van der Waals surface area contributed by atoms with E-state index in [1.807, 2.05) is 0 Å². The molecule has 0 heterocycles. The molecule has 3 atom stereocenters. The molecule has 0 saturated heterocycles. The van der Waals surface area contributed by atoms with Crippen LogP contribution in [0.5, 0.6) is 0 Å². The largest absolute Gasteiger partial charge is 0.321 e. The van der Waals surface area contributed by atoms with E-state index in [0.29, 0.717) is 11.8 Å². The van der Waals surface area contributed by atoms with Gasteiger partial charge in [0.2, 0.25) is 0 Å². The highest BCUT2D eigenvalue weighted by atomic mass is 14.8. The Bertz CT molecular complexity index is 1080. The zero-order valence-corrected chi connectivity index (χ0v) is 17.8. The van der Waals surface area contributed by atoms with Crippen molar-refractivity contribution >= 4 is 16.8 Å². The van der Waals surface area contributed by atoms with Gasteiger partial charge in [0.15, 0.2) is 0 Å². The van der Waals surface area contributed by atoms with Crippen LogP contribution in [0.3, 0.4) is 0 Å². The molecule has 1 nitrogen and oxygen atoms in total. The van der Waals surface area contributed by atoms with E-state index in [0.717, 1.165) is 6.42 Å². The maximum absolute atomic E-state index is 7.32. The highest BCUT2D eigenvalue weighted by molar-refractivity contribution is 5.92. The highest BCUT2D eigenvalue weighted by Crippen LogP contribution is 2.53. The highest BCUT2D eigenvalue weighted by Gasteiger charge is 2.46. The molecule has 0 bridgehead atoms. The van der Waals surface area contributed by atoms with Crippen LogP contribution < -0.4 is 5.73 Å². The number of allylic oxidation sites excluding steroid dienone is 1. The maximum Gasteiger partial charge on any atom is 0.0484 e. The summed E-state index contributed by atoms with van der Waals surface area (Å²) < 4.78 is 0. The summed E-state index contributed by atoms with van der Waals surface area (Å²) in [5, 5.41) is 2.65. The van der Waals surface area contributed by atoms with Crippen molar-refractivity contribution in [2.45, 2.75) is 56.9 Å². The Morgan fingerprint density at radius 1 is 0.931 bits per heavy atom. The van der Waals surface area contributed by atoms with Crippen molar-refractivity contribution in [2.24, 2.45) is 11.7 Å². The first-order chi connectivity index (χ1) is 13.9. The molecule has 1 fully saturated rings. The lowest BCUT2D eigenvalue weighted by Crippen LogP contribution is -2.48. The van der Waals surface area contributed by atoms with Crippen molar-refractivity contribution in [2.75, 3.05) is 0 Å². The topological polar surface area (TPSA) is 26.0 Å². The van der Waals surface area contributed by atoms with E-state index in [1.54, 1.807) is 0 Å². The average molecular weight is 382 g/mol. The van der Waals surface area contributed by atoms with Gasteiger partial charge in [-0.25, -0.2) is 0 Å². The molecule has 0 aromatic heterocycles. The van der Waals surface area contributed by atoms with Gasteiger partial charge in [0.25, 0.3) is 0 Å². The molecule has 2 aliphatic rings. The fraction of sp³-hybridized carbons (Fsp3) is 0.357. The number of rotatable bonds is 1. The van der Waals surface area contributed by atoms with E-state index >= 15 is 0 Å². The van der Waals surface area contributed by atoms with Gasteiger partial charge < -0.3 is 5.73 Å². The van der Waals surface area contributed by atoms with E-state index in [2.05, 4.69) is 93.6 Å². The van der Waals surface area contributed by atoms with Crippen molar-refractivity contribution in [1.29, 1.82) is 0 Å². The quantitative estimate of drug-likeness (QED) is 0.487. The molecule has 5 rings (SSSR count). The minimum atomic E-state index is -0.318. The van der Waals surface area contributed by atoms with E-state index < -0.39 is 0 Å². The smallest absolute Gasteiger partial charge is 0.0484 e. The summed E-state index contributed by atoms with van der Waals surface area (Å²) in [6.07, 6.45) is 8.25. The summed E-state index contributed by atoms with van der Waals surface area (Å²) in [4.78, 5) is 0. The van der Waals surface area contributed by atoms with Crippen LogP contribution in [0.2, 0.25) is 0 Å². The summed E-state index contributed by atoms with van der Waals surface area (Å²) in [7, 11) is 0. The van der Waals surface area contributed by atoms with Crippen molar-refractivity contribution in [3.63, 3.8) is 0 Å². The van der Waals surface area contributed by atoms with Gasteiger partial charge in [0.1, 0.15) is 0 Å². The molecule has 0 aliphatic heterocycles. The fourth-order valence-electron chi connectivity index (χ4n) is 5.64. The minimum Gasteiger partial charge on any atom is -0.321 e. The Hall–Kier alpha value is -2.38. The van der Waals surface area contributed by atoms with Gasteiger partial charge in [-0.3, -0.25) is 0 Å². The molecule has 3 unspecified atom stereocenters. The lowest BCUT2D eigenvalue weighted by Gasteiger charge is -2.48. The summed E-state index contributed by atoms with van der Waals surface area (Å²) >= 11 is 0. The molecule has 2 aliphatic carbocycles. The SMILES string of the molecule is CC(C)(C)c1ccc(C2(N)CCCC3C=Cc4c(ccc5ccccc45)C32)cc1. The predicted molar refractivity (Wildman–Crippen MR) is 124 cm³/mol. The molecule has 1 saturated carbocycles. The summed E-state index contributed by atoms with van der Waals surface area (Å²) in [6, 6.07) is 22.5. The van der Waals surface area contributed by atoms with Crippen LogP contribution in [0.1, 0.15) is 68.2 Å². The van der Waals surface area contributed by atoms with Crippen molar-refractivity contribution in [1.82, 2.24) is 0 Å². The number of hydrogen-bond acceptors (Lipinski definition) is 1. The van der Waals surface area contributed by atoms with Crippen molar-refractivity contribution in [3.8, 4) is 0 Å². The van der Waals surface area contributed by atoms with E-state index in [9.17, 15) is 0 Å². The Morgan fingerprint density at radius 2 is 1.69 bits per heavy atom. The van der Waals surface area contributed by atoms with E-state index in [-0.39, 0.29) is 11.0 Å². The van der Waals surface area contributed by atoms with E-state index in [1.165, 1.54) is 45.9 Å². The Kier molecular flexibility index (Phi) is 4.22. The van der Waals surface area contributed by atoms with Crippen LogP contribution in [0.4, 0.5) is 0 Å². The van der Waals surface area contributed by atoms with Crippen molar-refractivity contribution in [3.05, 3.63) is 89.0 Å². The standard InChI is InChI=1S/C28H31N/c1-27(2,3)21-12-14-22(15-13-21)28(29)18-6-8-20-11-16-24-23-9-5-4-7-19(23)10-17-25(24)26(20)28/h4-5,7,9-17,20,26H,6,8,18,29H2,1-3H3. The molecule has 3 aromatic carbocycles. The summed E-state index contributed by atoms with van der Waals surface area (Å²) in [6.45, 7) is 6.80. The summed E-state index contributed by atoms with van der Waals surface area (Å²) in [5.74, 6) is 0.853. The van der Waals surface area contributed by atoms with Gasteiger partial charge in [-0.1, -0.05) is 100 Å². The zero-order valence-electron chi connectivity index (χ0n) is 17.8. The predicted octanol–water partition coefficient (Wildman–Crippen LogP) is 6.90. The van der Waals surface area contributed by atoms with Crippen LogP contribution in [0.25, 0.3) is 16.8 Å². The monoisotopic (exact) mass is 381 g/mol. The molecule has 3 aromatic rings. The molecule has 0 amide bonds. The molecule has 0 radical (unpaired) electrons. The second-order valence-corrected chi connectivity index (χ2v) is 10.1. The molecule has 148 valence electrons. The lowest BCUT2D eigenvalue weighted by molar-refractivity contribution is 0.207. The minimum absolute atomic E-state index is 0.161. The molecule has 0 spiro atoms. The van der Waals surface area contributed by atoms with Gasteiger partial charge >= 0.3 is 0 Å². The van der Waals surface area contributed by atoms with Gasteiger partial charge in [0.05, 0.1) is 0 Å². The van der Waals surface area contributed by atoms with Crippen LogP contribution in [-0.4, -0.2) is 0 Å². The molecule has 2 N–H and O–H groups in total. The van der Waals surface area contributed by atoms with Crippen LogP contribution in [0.15, 0.2) is 66.7 Å². The first kappa shape index (κ1) is 18.6. The fourth-order valence-corrected chi connectivity index (χ4v) is 5.64. The van der Waals surface area contributed by atoms with E-state index in [4.69, 9.17) is 5.73 Å². The van der Waals surface area contributed by atoms with Crippen molar-refractivity contribution < 1.29 is 0 Å². The first-order valence-electron chi connectivity index (χ1n) is 11.0. The second kappa shape index (κ2) is 6.57.